The number of Topliss-reactive ketones (excluding diaryl/α,β-unsaturated/α-hetero) is 1. The quantitative estimate of drug-likeness (QED) is 0.617. The molecule has 1 aromatic rings. The Morgan fingerprint density at radius 3 is 1.94 bits per heavy atom. The number of hydrogen-bond donors (Lipinski definition) is 0. The SMILES string of the molecule is Cc1cc(C(=O)CN2CCN(C(=O)C3CCN(C(=O)C(F)(F)F)CC3)CC2)c(C)n1C(C)(C)C. The van der Waals surface area contributed by atoms with Gasteiger partial charge in [0.2, 0.25) is 5.91 Å². The van der Waals surface area contributed by atoms with E-state index in [0.717, 1.165) is 21.9 Å². The van der Waals surface area contributed by atoms with E-state index in [9.17, 15) is 27.6 Å². The fourth-order valence-corrected chi connectivity index (χ4v) is 5.26. The van der Waals surface area contributed by atoms with Crippen LogP contribution in [0.1, 0.15) is 55.4 Å². The van der Waals surface area contributed by atoms with Crippen LogP contribution in [0.3, 0.4) is 0 Å². The van der Waals surface area contributed by atoms with E-state index in [1.54, 1.807) is 4.90 Å². The van der Waals surface area contributed by atoms with Gasteiger partial charge in [-0.1, -0.05) is 0 Å². The number of ketones is 1. The van der Waals surface area contributed by atoms with Crippen molar-refractivity contribution in [3.8, 4) is 0 Å². The smallest absolute Gasteiger partial charge is 0.343 e. The zero-order valence-electron chi connectivity index (χ0n) is 20.7. The highest BCUT2D eigenvalue weighted by Crippen LogP contribution is 2.27. The molecule has 0 aromatic carbocycles. The molecule has 34 heavy (non-hydrogen) atoms. The summed E-state index contributed by atoms with van der Waals surface area (Å²) < 4.78 is 40.0. The summed E-state index contributed by atoms with van der Waals surface area (Å²) in [4.78, 5) is 41.8. The first kappa shape index (κ1) is 26.2. The van der Waals surface area contributed by atoms with Gasteiger partial charge in [-0.15, -0.1) is 0 Å². The Hall–Kier alpha value is -2.36. The predicted molar refractivity (Wildman–Crippen MR) is 122 cm³/mol. The van der Waals surface area contributed by atoms with Gasteiger partial charge in [0.25, 0.3) is 0 Å². The first-order chi connectivity index (χ1) is 15.7. The lowest BCUT2D eigenvalue weighted by Crippen LogP contribution is -2.53. The van der Waals surface area contributed by atoms with E-state index in [-0.39, 0.29) is 55.6 Å². The normalized spacial score (nSPS) is 18.9. The van der Waals surface area contributed by atoms with Gasteiger partial charge in [0, 0.05) is 67.7 Å². The van der Waals surface area contributed by atoms with Gasteiger partial charge in [0.05, 0.1) is 6.54 Å². The standard InChI is InChI=1S/C24H35F3N4O3/c1-16-14-19(17(2)31(16)23(3,4)5)20(32)15-28-10-12-29(13-11-28)21(33)18-6-8-30(9-7-18)22(34)24(25,26)27/h14,18H,6-13,15H2,1-5H3. The van der Waals surface area contributed by atoms with E-state index in [1.165, 1.54) is 0 Å². The average Bonchev–Trinajstić information content (AvgIpc) is 3.07. The zero-order chi connectivity index (χ0) is 25.4. The van der Waals surface area contributed by atoms with Crippen molar-refractivity contribution in [1.82, 2.24) is 19.3 Å². The van der Waals surface area contributed by atoms with Gasteiger partial charge in [-0.3, -0.25) is 19.3 Å². The number of nitrogens with zero attached hydrogens (tertiary/aromatic N) is 4. The van der Waals surface area contributed by atoms with Crippen molar-refractivity contribution in [1.29, 1.82) is 0 Å². The highest BCUT2D eigenvalue weighted by molar-refractivity contribution is 5.99. The molecule has 3 heterocycles. The lowest BCUT2D eigenvalue weighted by molar-refractivity contribution is -0.187. The van der Waals surface area contributed by atoms with Gasteiger partial charge >= 0.3 is 12.1 Å². The maximum absolute atomic E-state index is 13.0. The first-order valence-corrected chi connectivity index (χ1v) is 11.8. The average molecular weight is 485 g/mol. The summed E-state index contributed by atoms with van der Waals surface area (Å²) in [5.74, 6) is -2.21. The van der Waals surface area contributed by atoms with Gasteiger partial charge < -0.3 is 14.4 Å². The highest BCUT2D eigenvalue weighted by atomic mass is 19.4. The molecule has 3 rings (SSSR count). The minimum Gasteiger partial charge on any atom is -0.343 e. The van der Waals surface area contributed by atoms with E-state index in [2.05, 4.69) is 25.3 Å². The molecule has 0 spiro atoms. The second-order valence-electron chi connectivity index (χ2n) is 10.4. The summed E-state index contributed by atoms with van der Waals surface area (Å²) in [6.07, 6.45) is -4.40. The van der Waals surface area contributed by atoms with E-state index >= 15 is 0 Å². The van der Waals surface area contributed by atoms with Crippen molar-refractivity contribution in [3.05, 3.63) is 23.0 Å². The molecule has 0 radical (unpaired) electrons. The number of piperazine rings is 1. The Morgan fingerprint density at radius 1 is 0.912 bits per heavy atom. The van der Waals surface area contributed by atoms with E-state index < -0.39 is 12.1 Å². The van der Waals surface area contributed by atoms with Crippen LogP contribution in [0.5, 0.6) is 0 Å². The number of rotatable bonds is 4. The third-order valence-electron chi connectivity index (χ3n) is 6.83. The van der Waals surface area contributed by atoms with E-state index in [0.29, 0.717) is 26.2 Å². The molecular weight excluding hydrogens is 449 g/mol. The molecule has 0 unspecified atom stereocenters. The van der Waals surface area contributed by atoms with Crippen LogP contribution in [0, 0.1) is 19.8 Å². The Kier molecular flexibility index (Phi) is 7.50. The third kappa shape index (κ3) is 5.64. The molecular formula is C24H35F3N4O3. The molecule has 0 saturated carbocycles. The van der Waals surface area contributed by atoms with Gasteiger partial charge in [-0.25, -0.2) is 0 Å². The van der Waals surface area contributed by atoms with Crippen LogP contribution in [0.2, 0.25) is 0 Å². The van der Waals surface area contributed by atoms with Crippen molar-refractivity contribution in [2.75, 3.05) is 45.8 Å². The molecule has 0 N–H and O–H groups in total. The molecule has 190 valence electrons. The summed E-state index contributed by atoms with van der Waals surface area (Å²) in [5, 5.41) is 0. The lowest BCUT2D eigenvalue weighted by atomic mass is 9.95. The van der Waals surface area contributed by atoms with Crippen molar-refractivity contribution in [2.45, 2.75) is 59.2 Å². The van der Waals surface area contributed by atoms with Gasteiger partial charge in [0.1, 0.15) is 0 Å². The van der Waals surface area contributed by atoms with Crippen LogP contribution in [0.15, 0.2) is 6.07 Å². The summed E-state index contributed by atoms with van der Waals surface area (Å²) in [5.41, 5.74) is 2.62. The van der Waals surface area contributed by atoms with Crippen molar-refractivity contribution in [3.63, 3.8) is 0 Å². The lowest BCUT2D eigenvalue weighted by Gasteiger charge is -2.38. The Labute approximate surface area is 198 Å². The number of alkyl halides is 3. The molecule has 2 amide bonds. The molecule has 2 aliphatic rings. The second kappa shape index (κ2) is 9.71. The number of likely N-dealkylation sites (tertiary alicyclic amines) is 1. The molecule has 10 heteroatoms. The van der Waals surface area contributed by atoms with Crippen molar-refractivity contribution >= 4 is 17.6 Å². The van der Waals surface area contributed by atoms with Crippen molar-refractivity contribution in [2.24, 2.45) is 5.92 Å². The van der Waals surface area contributed by atoms with Crippen LogP contribution >= 0.6 is 0 Å². The fourth-order valence-electron chi connectivity index (χ4n) is 5.26. The number of carbonyl (C=O) groups is 3. The monoisotopic (exact) mass is 484 g/mol. The molecule has 1 aromatic heterocycles. The molecule has 2 aliphatic heterocycles. The number of aromatic nitrogens is 1. The zero-order valence-corrected chi connectivity index (χ0v) is 20.7. The topological polar surface area (TPSA) is 65.9 Å². The number of carbonyl (C=O) groups excluding carboxylic acids is 3. The summed E-state index contributed by atoms with van der Waals surface area (Å²) in [7, 11) is 0. The molecule has 0 aliphatic carbocycles. The van der Waals surface area contributed by atoms with Crippen molar-refractivity contribution < 1.29 is 27.6 Å². The fraction of sp³-hybridized carbons (Fsp3) is 0.708. The largest absolute Gasteiger partial charge is 0.471 e. The van der Waals surface area contributed by atoms with E-state index in [1.807, 2.05) is 24.8 Å². The van der Waals surface area contributed by atoms with Crippen LogP contribution in [-0.4, -0.2) is 88.9 Å². The van der Waals surface area contributed by atoms with Gasteiger partial charge in [-0.2, -0.15) is 13.2 Å². The molecule has 0 bridgehead atoms. The third-order valence-corrected chi connectivity index (χ3v) is 6.83. The Bertz CT molecular complexity index is 932. The number of amides is 2. The molecule has 0 atom stereocenters. The molecule has 2 fully saturated rings. The number of hydrogen-bond acceptors (Lipinski definition) is 4. The Balaban J connectivity index is 1.50. The summed E-state index contributed by atoms with van der Waals surface area (Å²) >= 11 is 0. The van der Waals surface area contributed by atoms with Crippen LogP contribution in [-0.2, 0) is 15.1 Å². The molecule has 7 nitrogen and oxygen atoms in total. The minimum atomic E-state index is -4.88. The summed E-state index contributed by atoms with van der Waals surface area (Å²) in [6, 6.07) is 1.94. The maximum atomic E-state index is 13.0. The molecule has 2 saturated heterocycles. The van der Waals surface area contributed by atoms with Crippen LogP contribution < -0.4 is 0 Å². The highest BCUT2D eigenvalue weighted by Gasteiger charge is 2.44. The predicted octanol–water partition coefficient (Wildman–Crippen LogP) is 2.99. The Morgan fingerprint density at radius 2 is 1.47 bits per heavy atom. The van der Waals surface area contributed by atoms with Gasteiger partial charge in [-0.05, 0) is 53.5 Å². The second-order valence-corrected chi connectivity index (χ2v) is 10.4. The van der Waals surface area contributed by atoms with E-state index in [4.69, 9.17) is 0 Å². The van der Waals surface area contributed by atoms with Crippen LogP contribution in [0.25, 0.3) is 0 Å². The number of halogens is 3. The summed E-state index contributed by atoms with van der Waals surface area (Å²) in [6.45, 7) is 12.6. The number of piperidine rings is 1. The maximum Gasteiger partial charge on any atom is 0.471 e. The van der Waals surface area contributed by atoms with Crippen LogP contribution in [0.4, 0.5) is 13.2 Å². The van der Waals surface area contributed by atoms with Gasteiger partial charge in [0.15, 0.2) is 5.78 Å². The minimum absolute atomic E-state index is 0.0593. The first-order valence-electron chi connectivity index (χ1n) is 11.8. The number of aryl methyl sites for hydroxylation is 1.